The van der Waals surface area contributed by atoms with Crippen molar-refractivity contribution >= 4 is 15.7 Å². The Morgan fingerprint density at radius 2 is 1.73 bits per heavy atom. The maximum Gasteiger partial charge on any atom is 0.389 e. The lowest BCUT2D eigenvalue weighted by Crippen LogP contribution is -2.23. The lowest BCUT2D eigenvalue weighted by atomic mass is 10.1. The van der Waals surface area contributed by atoms with Gasteiger partial charge in [-0.2, -0.15) is 18.4 Å². The molecule has 0 heterocycles. The molecule has 146 valence electrons. The van der Waals surface area contributed by atoms with E-state index in [0.717, 1.165) is 10.7 Å². The van der Waals surface area contributed by atoms with E-state index in [0.29, 0.717) is 31.5 Å². The minimum Gasteiger partial charge on any atom is -0.384 e. The van der Waals surface area contributed by atoms with Crippen LogP contribution in [0.15, 0.2) is 23.1 Å². The van der Waals surface area contributed by atoms with Gasteiger partial charge in [0.2, 0.25) is 10.0 Å². The van der Waals surface area contributed by atoms with E-state index in [2.05, 4.69) is 5.32 Å². The molecule has 5 nitrogen and oxygen atoms in total. The van der Waals surface area contributed by atoms with Gasteiger partial charge in [-0.15, -0.1) is 0 Å². The van der Waals surface area contributed by atoms with Gasteiger partial charge in [0.25, 0.3) is 0 Å². The zero-order valence-electron chi connectivity index (χ0n) is 14.9. The van der Waals surface area contributed by atoms with Crippen molar-refractivity contribution in [1.82, 2.24) is 4.31 Å². The van der Waals surface area contributed by atoms with Crippen molar-refractivity contribution < 1.29 is 21.6 Å². The van der Waals surface area contributed by atoms with E-state index in [9.17, 15) is 21.6 Å². The molecule has 1 rings (SSSR count). The van der Waals surface area contributed by atoms with Gasteiger partial charge in [0, 0.05) is 27.1 Å². The first-order chi connectivity index (χ1) is 12.1. The summed E-state index contributed by atoms with van der Waals surface area (Å²) in [5.74, 6) is 0. The summed E-state index contributed by atoms with van der Waals surface area (Å²) in [4.78, 5) is 0.0340. The van der Waals surface area contributed by atoms with Gasteiger partial charge in [0.15, 0.2) is 0 Å². The highest BCUT2D eigenvalue weighted by Gasteiger charge is 2.25. The van der Waals surface area contributed by atoms with Gasteiger partial charge in [-0.3, -0.25) is 0 Å². The molecule has 0 bridgehead atoms. The third-order valence-corrected chi connectivity index (χ3v) is 5.68. The number of hydrogen-bond acceptors (Lipinski definition) is 4. The monoisotopic (exact) mass is 391 g/mol. The van der Waals surface area contributed by atoms with Crippen LogP contribution in [0.2, 0.25) is 0 Å². The van der Waals surface area contributed by atoms with Crippen LogP contribution in [0.3, 0.4) is 0 Å². The number of unbranched alkanes of at least 4 members (excludes halogenated alkanes) is 4. The Kier molecular flexibility index (Phi) is 8.37. The summed E-state index contributed by atoms with van der Waals surface area (Å²) in [5.41, 5.74) is 0.662. The Labute approximate surface area is 152 Å². The number of nitrogens with one attached hydrogen (secondary N) is 1. The normalized spacial score (nSPS) is 12.2. The summed E-state index contributed by atoms with van der Waals surface area (Å²) >= 11 is 0. The third-order valence-electron chi connectivity index (χ3n) is 3.82. The quantitative estimate of drug-likeness (QED) is 0.609. The molecule has 1 N–H and O–H groups in total. The summed E-state index contributed by atoms with van der Waals surface area (Å²) < 4.78 is 62.0. The van der Waals surface area contributed by atoms with Crippen molar-refractivity contribution in [2.75, 3.05) is 26.0 Å². The van der Waals surface area contributed by atoms with Crippen LogP contribution in [0, 0.1) is 11.3 Å². The van der Waals surface area contributed by atoms with E-state index < -0.39 is 22.6 Å². The number of halogens is 3. The number of anilines is 1. The lowest BCUT2D eigenvalue weighted by molar-refractivity contribution is -0.135. The van der Waals surface area contributed by atoms with Crippen LogP contribution in [0.5, 0.6) is 0 Å². The number of benzene rings is 1. The summed E-state index contributed by atoms with van der Waals surface area (Å²) in [7, 11) is -0.864. The van der Waals surface area contributed by atoms with Crippen LogP contribution in [0.4, 0.5) is 18.9 Å². The van der Waals surface area contributed by atoms with Crippen molar-refractivity contribution in [2.24, 2.45) is 0 Å². The molecule has 26 heavy (non-hydrogen) atoms. The van der Waals surface area contributed by atoms with Gasteiger partial charge >= 0.3 is 6.18 Å². The van der Waals surface area contributed by atoms with Gasteiger partial charge < -0.3 is 5.32 Å². The molecule has 9 heteroatoms. The SMILES string of the molecule is CN(C)S(=O)(=O)c1cc(C#N)ccc1NCCCCCCCC(F)(F)F. The van der Waals surface area contributed by atoms with Crippen LogP contribution in [0.1, 0.15) is 44.1 Å². The van der Waals surface area contributed by atoms with E-state index in [1.807, 2.05) is 6.07 Å². The fourth-order valence-corrected chi connectivity index (χ4v) is 3.44. The highest BCUT2D eigenvalue weighted by molar-refractivity contribution is 7.89. The van der Waals surface area contributed by atoms with Crippen LogP contribution >= 0.6 is 0 Å². The Morgan fingerprint density at radius 1 is 1.12 bits per heavy atom. The highest BCUT2D eigenvalue weighted by Crippen LogP contribution is 2.25. The van der Waals surface area contributed by atoms with Crippen molar-refractivity contribution in [3.05, 3.63) is 23.8 Å². The molecule has 0 aliphatic heterocycles. The van der Waals surface area contributed by atoms with E-state index in [1.54, 1.807) is 6.07 Å². The number of nitriles is 1. The van der Waals surface area contributed by atoms with Crippen LogP contribution in [0.25, 0.3) is 0 Å². The standard InChI is InChI=1S/C17H24F3N3O2S/c1-23(2)26(24,25)16-12-14(13-21)8-9-15(16)22-11-7-5-3-4-6-10-17(18,19)20/h8-9,12,22H,3-7,10-11H2,1-2H3. The molecule has 0 saturated carbocycles. The molecule has 0 saturated heterocycles. The average Bonchev–Trinajstić information content (AvgIpc) is 2.56. The second kappa shape index (κ2) is 9.78. The molecule has 0 aromatic heterocycles. The molecule has 1 aromatic rings. The molecule has 0 radical (unpaired) electrons. The molecule has 0 fully saturated rings. The first-order valence-corrected chi connectivity index (χ1v) is 9.79. The Balaban J connectivity index is 2.54. The second-order valence-electron chi connectivity index (χ2n) is 6.17. The van der Waals surface area contributed by atoms with Gasteiger partial charge in [0.1, 0.15) is 4.90 Å². The predicted molar refractivity (Wildman–Crippen MR) is 94.3 cm³/mol. The minimum atomic E-state index is -4.09. The Bertz CT molecular complexity index is 726. The number of sulfonamides is 1. The molecule has 0 atom stereocenters. The third kappa shape index (κ3) is 7.22. The Hall–Kier alpha value is -1.79. The summed E-state index contributed by atoms with van der Waals surface area (Å²) in [6.07, 6.45) is -2.00. The van der Waals surface area contributed by atoms with Crippen molar-refractivity contribution in [1.29, 1.82) is 5.26 Å². The van der Waals surface area contributed by atoms with Gasteiger partial charge in [0.05, 0.1) is 17.3 Å². The van der Waals surface area contributed by atoms with Crippen molar-refractivity contribution in [2.45, 2.75) is 49.6 Å². The largest absolute Gasteiger partial charge is 0.389 e. The summed E-state index contributed by atoms with van der Waals surface area (Å²) in [5, 5.41) is 12.0. The number of rotatable bonds is 10. The van der Waals surface area contributed by atoms with Crippen molar-refractivity contribution in [3.8, 4) is 6.07 Å². The van der Waals surface area contributed by atoms with Crippen LogP contribution in [-0.2, 0) is 10.0 Å². The molecular formula is C17H24F3N3O2S. The van der Waals surface area contributed by atoms with E-state index >= 15 is 0 Å². The first kappa shape index (κ1) is 22.3. The van der Waals surface area contributed by atoms with Crippen LogP contribution < -0.4 is 5.32 Å². The molecule has 1 aromatic carbocycles. The lowest BCUT2D eigenvalue weighted by Gasteiger charge is -2.16. The van der Waals surface area contributed by atoms with E-state index in [-0.39, 0.29) is 16.9 Å². The van der Waals surface area contributed by atoms with Crippen molar-refractivity contribution in [3.63, 3.8) is 0 Å². The smallest absolute Gasteiger partial charge is 0.384 e. The minimum absolute atomic E-state index is 0.0340. The molecule has 0 spiro atoms. The number of nitrogens with zero attached hydrogens (tertiary/aromatic N) is 2. The average molecular weight is 391 g/mol. The van der Waals surface area contributed by atoms with E-state index in [1.165, 1.54) is 26.2 Å². The predicted octanol–water partition coefficient (Wildman–Crippen LogP) is 4.12. The van der Waals surface area contributed by atoms with Gasteiger partial charge in [-0.1, -0.05) is 19.3 Å². The summed E-state index contributed by atoms with van der Waals surface area (Å²) in [6.45, 7) is 0.501. The van der Waals surface area contributed by atoms with Gasteiger partial charge in [-0.05, 0) is 31.0 Å². The summed E-state index contributed by atoms with van der Waals surface area (Å²) in [6, 6.07) is 6.34. The number of alkyl halides is 3. The van der Waals surface area contributed by atoms with Crippen LogP contribution in [-0.4, -0.2) is 39.5 Å². The molecule has 0 unspecified atom stereocenters. The topological polar surface area (TPSA) is 73.2 Å². The second-order valence-corrected chi connectivity index (χ2v) is 8.29. The van der Waals surface area contributed by atoms with E-state index in [4.69, 9.17) is 5.26 Å². The number of hydrogen-bond donors (Lipinski definition) is 1. The molecule has 0 amide bonds. The highest BCUT2D eigenvalue weighted by atomic mass is 32.2. The van der Waals surface area contributed by atoms with Gasteiger partial charge in [-0.25, -0.2) is 12.7 Å². The zero-order valence-corrected chi connectivity index (χ0v) is 15.8. The molecule has 0 aliphatic rings. The first-order valence-electron chi connectivity index (χ1n) is 8.35. The Morgan fingerprint density at radius 3 is 2.31 bits per heavy atom. The zero-order chi connectivity index (χ0) is 19.8. The molecular weight excluding hydrogens is 367 g/mol. The maximum absolute atomic E-state index is 12.4. The molecule has 0 aliphatic carbocycles. The maximum atomic E-state index is 12.4. The fraction of sp³-hybridized carbons (Fsp3) is 0.588. The fourth-order valence-electron chi connectivity index (χ4n) is 2.35.